The Hall–Kier alpha value is -1.30. The van der Waals surface area contributed by atoms with Crippen LogP contribution in [0, 0.1) is 5.92 Å². The van der Waals surface area contributed by atoms with E-state index in [1.807, 2.05) is 12.1 Å². The summed E-state index contributed by atoms with van der Waals surface area (Å²) in [6.45, 7) is 7.12. The molecule has 5 nitrogen and oxygen atoms in total. The molecule has 1 aromatic rings. The van der Waals surface area contributed by atoms with Crippen LogP contribution in [0.3, 0.4) is 0 Å². The Labute approximate surface area is 167 Å². The molecule has 2 N–H and O–H groups in total. The first-order valence-corrected chi connectivity index (χ1v) is 10.6. The van der Waals surface area contributed by atoms with Crippen LogP contribution in [0.2, 0.25) is 5.02 Å². The molecule has 1 aliphatic heterocycles. The van der Waals surface area contributed by atoms with Gasteiger partial charge in [0, 0.05) is 56.5 Å². The van der Waals surface area contributed by atoms with Gasteiger partial charge >= 0.3 is 0 Å². The van der Waals surface area contributed by atoms with Crippen LogP contribution in [0.25, 0.3) is 0 Å². The van der Waals surface area contributed by atoms with E-state index in [1.165, 1.54) is 5.56 Å². The predicted molar refractivity (Wildman–Crippen MR) is 111 cm³/mol. The van der Waals surface area contributed by atoms with Crippen LogP contribution in [0.1, 0.15) is 44.1 Å². The Morgan fingerprint density at radius 2 is 2.19 bits per heavy atom. The van der Waals surface area contributed by atoms with Gasteiger partial charge in [0.25, 0.3) is 0 Å². The molecule has 2 aliphatic rings. The number of nitrogens with one attached hydrogen (secondary N) is 2. The van der Waals surface area contributed by atoms with Gasteiger partial charge in [0.05, 0.1) is 0 Å². The highest BCUT2D eigenvalue weighted by Crippen LogP contribution is 2.41. The average Bonchev–Trinajstić information content (AvgIpc) is 3.45. The lowest BCUT2D eigenvalue weighted by atomic mass is 10.0. The molecule has 0 amide bonds. The van der Waals surface area contributed by atoms with Crippen LogP contribution >= 0.6 is 11.6 Å². The summed E-state index contributed by atoms with van der Waals surface area (Å²) in [5.74, 6) is 2.09. The van der Waals surface area contributed by atoms with E-state index in [1.54, 1.807) is 0 Å². The second-order valence-corrected chi connectivity index (χ2v) is 7.83. The summed E-state index contributed by atoms with van der Waals surface area (Å²) >= 11 is 6.11. The number of halogens is 1. The van der Waals surface area contributed by atoms with Gasteiger partial charge < -0.3 is 20.1 Å². The van der Waals surface area contributed by atoms with Gasteiger partial charge in [0.1, 0.15) is 0 Å². The number of rotatable bonds is 9. The van der Waals surface area contributed by atoms with Crippen molar-refractivity contribution in [2.24, 2.45) is 10.9 Å². The maximum absolute atomic E-state index is 6.11. The van der Waals surface area contributed by atoms with Gasteiger partial charge in [-0.25, -0.2) is 0 Å². The maximum Gasteiger partial charge on any atom is 0.191 e. The Kier molecular flexibility index (Phi) is 8.24. The van der Waals surface area contributed by atoms with Crippen LogP contribution in [0.5, 0.6) is 0 Å². The highest BCUT2D eigenvalue weighted by Gasteiger charge is 2.39. The maximum atomic E-state index is 6.11. The molecule has 150 valence electrons. The average molecular weight is 394 g/mol. The minimum Gasteiger partial charge on any atom is -0.381 e. The third-order valence-electron chi connectivity index (χ3n) is 5.14. The predicted octanol–water partition coefficient (Wildman–Crippen LogP) is 3.58. The molecule has 2 unspecified atom stereocenters. The van der Waals surface area contributed by atoms with Crippen molar-refractivity contribution in [3.05, 3.63) is 34.9 Å². The fourth-order valence-electron chi connectivity index (χ4n) is 3.48. The zero-order valence-corrected chi connectivity index (χ0v) is 17.0. The summed E-state index contributed by atoms with van der Waals surface area (Å²) in [7, 11) is 0. The molecule has 1 saturated heterocycles. The van der Waals surface area contributed by atoms with Crippen molar-refractivity contribution in [1.29, 1.82) is 0 Å². The van der Waals surface area contributed by atoms with E-state index < -0.39 is 0 Å². The first kappa shape index (κ1) is 20.4. The van der Waals surface area contributed by atoms with E-state index >= 15 is 0 Å². The molecule has 2 atom stereocenters. The van der Waals surface area contributed by atoms with E-state index in [0.29, 0.717) is 17.9 Å². The van der Waals surface area contributed by atoms with Crippen molar-refractivity contribution < 1.29 is 9.47 Å². The van der Waals surface area contributed by atoms with E-state index in [-0.39, 0.29) is 0 Å². The van der Waals surface area contributed by atoms with Gasteiger partial charge in [0.15, 0.2) is 5.96 Å². The van der Waals surface area contributed by atoms with Gasteiger partial charge in [-0.05, 0) is 56.2 Å². The molecule has 0 radical (unpaired) electrons. The minimum atomic E-state index is 0.436. The number of nitrogens with zero attached hydrogens (tertiary/aromatic N) is 1. The zero-order chi connectivity index (χ0) is 18.9. The number of benzene rings is 1. The zero-order valence-electron chi connectivity index (χ0n) is 16.3. The monoisotopic (exact) mass is 393 g/mol. The van der Waals surface area contributed by atoms with Crippen molar-refractivity contribution in [3.63, 3.8) is 0 Å². The SMILES string of the molecule is CCNC(=NCCCOCC1CCOCC1)NC1CC1c1cccc(Cl)c1. The molecule has 0 aromatic heterocycles. The molecule has 2 fully saturated rings. The first-order chi connectivity index (χ1) is 13.3. The van der Waals surface area contributed by atoms with Crippen molar-refractivity contribution in [1.82, 2.24) is 10.6 Å². The number of ether oxygens (including phenoxy) is 2. The second-order valence-electron chi connectivity index (χ2n) is 7.39. The van der Waals surface area contributed by atoms with Crippen molar-refractivity contribution in [3.8, 4) is 0 Å². The Morgan fingerprint density at radius 1 is 1.33 bits per heavy atom. The van der Waals surface area contributed by atoms with Crippen LogP contribution in [-0.4, -0.2) is 51.5 Å². The van der Waals surface area contributed by atoms with E-state index in [0.717, 1.165) is 76.2 Å². The topological polar surface area (TPSA) is 54.9 Å². The molecule has 27 heavy (non-hydrogen) atoms. The summed E-state index contributed by atoms with van der Waals surface area (Å²) in [6, 6.07) is 8.59. The molecule has 6 heteroatoms. The summed E-state index contributed by atoms with van der Waals surface area (Å²) in [4.78, 5) is 4.69. The smallest absolute Gasteiger partial charge is 0.191 e. The third-order valence-corrected chi connectivity index (χ3v) is 5.38. The van der Waals surface area contributed by atoms with Crippen LogP contribution in [-0.2, 0) is 9.47 Å². The molecule has 1 saturated carbocycles. The summed E-state index contributed by atoms with van der Waals surface area (Å²) in [6.07, 6.45) is 4.32. The number of aliphatic imine (C=N–C) groups is 1. The molecule has 3 rings (SSSR count). The van der Waals surface area contributed by atoms with Gasteiger partial charge in [-0.1, -0.05) is 23.7 Å². The lowest BCUT2D eigenvalue weighted by molar-refractivity contribution is 0.0205. The first-order valence-electron chi connectivity index (χ1n) is 10.2. The fourth-order valence-corrected chi connectivity index (χ4v) is 3.68. The number of guanidine groups is 1. The fraction of sp³-hybridized carbons (Fsp3) is 0.667. The Bertz CT molecular complexity index is 605. The van der Waals surface area contributed by atoms with Crippen molar-refractivity contribution in [2.75, 3.05) is 39.5 Å². The Morgan fingerprint density at radius 3 is 2.96 bits per heavy atom. The van der Waals surface area contributed by atoms with Crippen molar-refractivity contribution >= 4 is 17.6 Å². The van der Waals surface area contributed by atoms with Crippen LogP contribution < -0.4 is 10.6 Å². The molecule has 0 bridgehead atoms. The number of hydrogen-bond donors (Lipinski definition) is 2. The van der Waals surface area contributed by atoms with Gasteiger partial charge in [0.2, 0.25) is 0 Å². The summed E-state index contributed by atoms with van der Waals surface area (Å²) in [5, 5.41) is 7.69. The molecule has 1 aliphatic carbocycles. The lowest BCUT2D eigenvalue weighted by Gasteiger charge is -2.21. The van der Waals surface area contributed by atoms with E-state index in [4.69, 9.17) is 26.1 Å². The van der Waals surface area contributed by atoms with Crippen LogP contribution in [0.4, 0.5) is 0 Å². The van der Waals surface area contributed by atoms with Gasteiger partial charge in [-0.2, -0.15) is 0 Å². The van der Waals surface area contributed by atoms with Gasteiger partial charge in [-0.15, -0.1) is 0 Å². The largest absolute Gasteiger partial charge is 0.381 e. The third kappa shape index (κ3) is 6.98. The minimum absolute atomic E-state index is 0.436. The van der Waals surface area contributed by atoms with E-state index in [9.17, 15) is 0 Å². The van der Waals surface area contributed by atoms with Gasteiger partial charge in [-0.3, -0.25) is 4.99 Å². The van der Waals surface area contributed by atoms with E-state index in [2.05, 4.69) is 29.7 Å². The normalized spacial score (nSPS) is 23.3. The number of hydrogen-bond acceptors (Lipinski definition) is 3. The summed E-state index contributed by atoms with van der Waals surface area (Å²) in [5.41, 5.74) is 1.30. The molecular weight excluding hydrogens is 362 g/mol. The Balaban J connectivity index is 1.34. The van der Waals surface area contributed by atoms with Crippen molar-refractivity contribution in [2.45, 2.75) is 44.6 Å². The summed E-state index contributed by atoms with van der Waals surface area (Å²) < 4.78 is 11.2. The highest BCUT2D eigenvalue weighted by molar-refractivity contribution is 6.30. The lowest BCUT2D eigenvalue weighted by Crippen LogP contribution is -2.39. The molecule has 0 spiro atoms. The molecular formula is C21H32ClN3O2. The molecule has 1 aromatic carbocycles. The second kappa shape index (κ2) is 10.9. The highest BCUT2D eigenvalue weighted by atomic mass is 35.5. The quantitative estimate of drug-likeness (QED) is 0.382. The standard InChI is InChI=1S/C21H32ClN3O2/c1-2-23-21(24-9-4-10-27-15-16-7-11-26-12-8-16)25-20-14-19(20)17-5-3-6-18(22)13-17/h3,5-6,13,16,19-20H,2,4,7-12,14-15H2,1H3,(H2,23,24,25). The molecule has 1 heterocycles. The van der Waals surface area contributed by atoms with Crippen LogP contribution in [0.15, 0.2) is 29.3 Å².